The van der Waals surface area contributed by atoms with E-state index in [1.54, 1.807) is 12.0 Å². The molecule has 0 radical (unpaired) electrons. The van der Waals surface area contributed by atoms with Crippen LogP contribution in [0.4, 0.5) is 4.79 Å². The molecule has 0 spiro atoms. The van der Waals surface area contributed by atoms with Crippen molar-refractivity contribution >= 4 is 6.03 Å². The van der Waals surface area contributed by atoms with Crippen molar-refractivity contribution in [1.29, 1.82) is 0 Å². The smallest absolute Gasteiger partial charge is 0.319 e. The Balaban J connectivity index is 1.74. The van der Waals surface area contributed by atoms with E-state index in [0.29, 0.717) is 23.9 Å². The van der Waals surface area contributed by atoms with E-state index in [2.05, 4.69) is 21.9 Å². The Hall–Kier alpha value is -1.75. The van der Waals surface area contributed by atoms with Crippen LogP contribution in [0.5, 0.6) is 5.75 Å². The fraction of sp³-hybridized carbons (Fsp3) is 0.632. The molecule has 1 aromatic rings. The summed E-state index contributed by atoms with van der Waals surface area (Å²) in [7, 11) is 5.45. The molecule has 0 saturated carbocycles. The number of urea groups is 1. The van der Waals surface area contributed by atoms with Crippen LogP contribution in [-0.2, 0) is 0 Å². The molecule has 0 unspecified atom stereocenters. The van der Waals surface area contributed by atoms with Gasteiger partial charge in [-0.1, -0.05) is 18.2 Å². The minimum atomic E-state index is 0.149. The summed E-state index contributed by atoms with van der Waals surface area (Å²) in [6.45, 7) is 3.13. The number of benzene rings is 1. The van der Waals surface area contributed by atoms with Crippen molar-refractivity contribution in [2.24, 2.45) is 5.92 Å². The van der Waals surface area contributed by atoms with Crippen LogP contribution in [0.25, 0.3) is 0 Å². The first-order valence-electron chi connectivity index (χ1n) is 8.96. The van der Waals surface area contributed by atoms with Gasteiger partial charge in [0.1, 0.15) is 5.75 Å². The Labute approximate surface area is 144 Å². The molecular formula is C19H27N3O2. The van der Waals surface area contributed by atoms with Gasteiger partial charge in [-0.05, 0) is 37.9 Å². The Morgan fingerprint density at radius 2 is 1.88 bits per heavy atom. The summed E-state index contributed by atoms with van der Waals surface area (Å²) in [6.07, 6.45) is 2.44. The lowest BCUT2D eigenvalue weighted by Crippen LogP contribution is -2.61. The topological polar surface area (TPSA) is 36.0 Å². The van der Waals surface area contributed by atoms with Gasteiger partial charge in [-0.25, -0.2) is 4.79 Å². The van der Waals surface area contributed by atoms with Crippen molar-refractivity contribution in [1.82, 2.24) is 14.7 Å². The number of nitrogens with zero attached hydrogens (tertiary/aromatic N) is 3. The molecule has 5 rings (SSSR count). The zero-order chi connectivity index (χ0) is 16.8. The van der Waals surface area contributed by atoms with Crippen molar-refractivity contribution in [2.45, 2.75) is 30.8 Å². The van der Waals surface area contributed by atoms with Crippen LogP contribution in [0.1, 0.15) is 24.3 Å². The van der Waals surface area contributed by atoms with Gasteiger partial charge in [0.05, 0.1) is 13.2 Å². The monoisotopic (exact) mass is 329 g/mol. The van der Waals surface area contributed by atoms with E-state index in [4.69, 9.17) is 4.74 Å². The second-order valence-corrected chi connectivity index (χ2v) is 7.53. The summed E-state index contributed by atoms with van der Waals surface area (Å²) < 4.78 is 5.63. The normalized spacial score (nSPS) is 34.1. The van der Waals surface area contributed by atoms with E-state index in [-0.39, 0.29) is 6.03 Å². The van der Waals surface area contributed by atoms with Gasteiger partial charge < -0.3 is 14.5 Å². The molecule has 2 amide bonds. The second kappa shape index (κ2) is 5.96. The highest BCUT2D eigenvalue weighted by atomic mass is 16.5. The zero-order valence-corrected chi connectivity index (χ0v) is 14.8. The van der Waals surface area contributed by atoms with Crippen LogP contribution in [0.3, 0.4) is 0 Å². The summed E-state index contributed by atoms with van der Waals surface area (Å²) in [4.78, 5) is 19.3. The van der Waals surface area contributed by atoms with Crippen LogP contribution >= 0.6 is 0 Å². The Morgan fingerprint density at radius 1 is 1.17 bits per heavy atom. The van der Waals surface area contributed by atoms with E-state index in [9.17, 15) is 4.79 Å². The maximum absolute atomic E-state index is 12.8. The molecule has 130 valence electrons. The number of ether oxygens (including phenoxy) is 1. The number of likely N-dealkylation sites (tertiary alicyclic amines) is 1. The van der Waals surface area contributed by atoms with Crippen molar-refractivity contribution in [3.8, 4) is 5.75 Å². The average Bonchev–Trinajstić information content (AvgIpc) is 3.04. The quantitative estimate of drug-likeness (QED) is 0.835. The highest BCUT2D eigenvalue weighted by Gasteiger charge is 2.55. The lowest BCUT2D eigenvalue weighted by molar-refractivity contribution is 0.000785. The average molecular weight is 329 g/mol. The first-order valence-corrected chi connectivity index (χ1v) is 8.96. The number of piperidine rings is 3. The predicted molar refractivity (Wildman–Crippen MR) is 93.4 cm³/mol. The number of fused-ring (bicyclic) bond motifs is 2. The van der Waals surface area contributed by atoms with Crippen LogP contribution in [-0.4, -0.2) is 73.7 Å². The fourth-order valence-electron chi connectivity index (χ4n) is 5.14. The Kier molecular flexibility index (Phi) is 3.91. The van der Waals surface area contributed by atoms with Gasteiger partial charge in [-0.2, -0.15) is 0 Å². The van der Waals surface area contributed by atoms with Crippen LogP contribution in [0, 0.1) is 5.92 Å². The number of rotatable bonds is 2. The summed E-state index contributed by atoms with van der Waals surface area (Å²) in [5.41, 5.74) is 1.25. The molecule has 5 nitrogen and oxygen atoms in total. The highest BCUT2D eigenvalue weighted by Crippen LogP contribution is 2.48. The summed E-state index contributed by atoms with van der Waals surface area (Å²) >= 11 is 0. The molecule has 5 heteroatoms. The lowest BCUT2D eigenvalue weighted by atomic mass is 9.75. The fourth-order valence-corrected chi connectivity index (χ4v) is 5.14. The standard InChI is InChI=1S/C19H27N3O2/c1-20(2)19(23)22-12-15(14-6-4-5-7-16(14)24-3)18-17(22)13-8-10-21(18)11-9-13/h4-7,13,15,17-18H,8-12H2,1-3H3/t15-,17+,18+/m0/s1. The maximum atomic E-state index is 12.8. The van der Waals surface area contributed by atoms with E-state index in [1.807, 2.05) is 26.2 Å². The van der Waals surface area contributed by atoms with Gasteiger partial charge in [0.2, 0.25) is 0 Å². The third-order valence-electron chi connectivity index (χ3n) is 6.16. The number of amides is 2. The molecule has 4 aliphatic heterocycles. The van der Waals surface area contributed by atoms with Crippen molar-refractivity contribution in [3.63, 3.8) is 0 Å². The van der Waals surface area contributed by atoms with Crippen LogP contribution < -0.4 is 4.74 Å². The Morgan fingerprint density at radius 3 is 2.54 bits per heavy atom. The van der Waals surface area contributed by atoms with Crippen LogP contribution in [0.2, 0.25) is 0 Å². The van der Waals surface area contributed by atoms with Crippen molar-refractivity contribution in [2.75, 3.05) is 40.8 Å². The van der Waals surface area contributed by atoms with Gasteiger partial charge in [-0.3, -0.25) is 4.90 Å². The molecule has 4 aliphatic rings. The Bertz CT molecular complexity index is 625. The number of carbonyl (C=O) groups is 1. The van der Waals surface area contributed by atoms with E-state index in [1.165, 1.54) is 31.5 Å². The molecule has 24 heavy (non-hydrogen) atoms. The number of carbonyl (C=O) groups excluding carboxylic acids is 1. The first-order chi connectivity index (χ1) is 11.6. The lowest BCUT2D eigenvalue weighted by Gasteiger charge is -2.51. The molecule has 1 aromatic carbocycles. The van der Waals surface area contributed by atoms with Gasteiger partial charge in [0.25, 0.3) is 0 Å². The minimum absolute atomic E-state index is 0.149. The number of hydrogen-bond acceptors (Lipinski definition) is 3. The summed E-state index contributed by atoms with van der Waals surface area (Å²) in [6, 6.07) is 9.24. The molecule has 2 bridgehead atoms. The van der Waals surface area contributed by atoms with Gasteiger partial charge >= 0.3 is 6.03 Å². The molecule has 3 atom stereocenters. The molecule has 0 aromatic heterocycles. The second-order valence-electron chi connectivity index (χ2n) is 7.53. The summed E-state index contributed by atoms with van der Waals surface area (Å²) in [5, 5.41) is 0. The van der Waals surface area contributed by atoms with E-state index >= 15 is 0 Å². The molecule has 4 fully saturated rings. The first kappa shape index (κ1) is 15.8. The molecule has 4 heterocycles. The van der Waals surface area contributed by atoms with E-state index < -0.39 is 0 Å². The largest absolute Gasteiger partial charge is 0.496 e. The highest BCUT2D eigenvalue weighted by molar-refractivity contribution is 5.75. The molecular weight excluding hydrogens is 302 g/mol. The van der Waals surface area contributed by atoms with Crippen molar-refractivity contribution < 1.29 is 9.53 Å². The van der Waals surface area contributed by atoms with E-state index in [0.717, 1.165) is 12.3 Å². The minimum Gasteiger partial charge on any atom is -0.496 e. The van der Waals surface area contributed by atoms with Crippen molar-refractivity contribution in [3.05, 3.63) is 29.8 Å². The SMILES string of the molecule is COc1ccccc1[C@@H]1CN(C(=O)N(C)C)[C@@H]2C3CCN(CC3)[C@@H]21. The molecule has 4 saturated heterocycles. The molecule has 0 aliphatic carbocycles. The van der Waals surface area contributed by atoms with Crippen LogP contribution in [0.15, 0.2) is 24.3 Å². The predicted octanol–water partition coefficient (Wildman–Crippen LogP) is 2.24. The van der Waals surface area contributed by atoms with Gasteiger partial charge in [0.15, 0.2) is 0 Å². The van der Waals surface area contributed by atoms with Gasteiger partial charge in [-0.15, -0.1) is 0 Å². The number of hydrogen-bond donors (Lipinski definition) is 0. The third-order valence-corrected chi connectivity index (χ3v) is 6.16. The molecule has 0 N–H and O–H groups in total. The maximum Gasteiger partial charge on any atom is 0.319 e. The zero-order valence-electron chi connectivity index (χ0n) is 14.8. The number of methoxy groups -OCH3 is 1. The van der Waals surface area contributed by atoms with Gasteiger partial charge in [0, 0.05) is 38.2 Å². The summed E-state index contributed by atoms with van der Waals surface area (Å²) in [5.74, 6) is 1.92. The third kappa shape index (κ3) is 2.29. The number of para-hydroxylation sites is 1.